The van der Waals surface area contributed by atoms with E-state index in [4.69, 9.17) is 11.6 Å². The number of alkyl halides is 1. The molecule has 0 N–H and O–H groups in total. The first-order valence-electron chi connectivity index (χ1n) is 3.87. The van der Waals surface area contributed by atoms with Gasteiger partial charge >= 0.3 is 0 Å². The summed E-state index contributed by atoms with van der Waals surface area (Å²) in [6, 6.07) is 4.28. The van der Waals surface area contributed by atoms with Crippen LogP contribution in [0.3, 0.4) is 0 Å². The minimum absolute atomic E-state index is 0.594. The first kappa shape index (κ1) is 10.0. The standard InChI is InChI=1S/C9H13ClSSi/c1-8(7-10)12(2,3)9-5-4-6-11-9/h4-6H,1,7H2,2-3H3. The fourth-order valence-corrected chi connectivity index (χ4v) is 5.45. The summed E-state index contributed by atoms with van der Waals surface area (Å²) in [4.78, 5) is 0. The molecule has 0 aromatic carbocycles. The fourth-order valence-electron chi connectivity index (χ4n) is 0.975. The Morgan fingerprint density at radius 3 is 2.75 bits per heavy atom. The van der Waals surface area contributed by atoms with Gasteiger partial charge in [-0.2, -0.15) is 11.3 Å². The fraction of sp³-hybridized carbons (Fsp3) is 0.333. The van der Waals surface area contributed by atoms with Gasteiger partial charge in [0.1, 0.15) is 8.07 Å². The molecule has 1 heterocycles. The Balaban J connectivity index is 2.93. The number of hydrogen-bond donors (Lipinski definition) is 0. The molecule has 0 radical (unpaired) electrons. The number of hydrogen-bond acceptors (Lipinski definition) is 1. The van der Waals surface area contributed by atoms with Crippen molar-refractivity contribution in [3.8, 4) is 0 Å². The van der Waals surface area contributed by atoms with Crippen LogP contribution in [-0.4, -0.2) is 14.0 Å². The molecule has 0 aliphatic rings. The lowest BCUT2D eigenvalue weighted by Gasteiger charge is -2.21. The van der Waals surface area contributed by atoms with E-state index in [-0.39, 0.29) is 0 Å². The van der Waals surface area contributed by atoms with Crippen LogP contribution in [0.4, 0.5) is 0 Å². The van der Waals surface area contributed by atoms with Crippen LogP contribution in [0, 0.1) is 0 Å². The smallest absolute Gasteiger partial charge is 0.120 e. The van der Waals surface area contributed by atoms with E-state index in [1.54, 1.807) is 0 Å². The van der Waals surface area contributed by atoms with Crippen LogP contribution >= 0.6 is 22.9 Å². The van der Waals surface area contributed by atoms with Crippen molar-refractivity contribution < 1.29 is 0 Å². The third-order valence-corrected chi connectivity index (χ3v) is 8.64. The van der Waals surface area contributed by atoms with Gasteiger partial charge in [0.15, 0.2) is 0 Å². The van der Waals surface area contributed by atoms with Crippen LogP contribution in [0.15, 0.2) is 29.3 Å². The van der Waals surface area contributed by atoms with Gasteiger partial charge in [0.2, 0.25) is 0 Å². The Morgan fingerprint density at radius 2 is 2.33 bits per heavy atom. The molecule has 0 spiro atoms. The zero-order chi connectivity index (χ0) is 9.19. The summed E-state index contributed by atoms with van der Waals surface area (Å²) in [6.45, 7) is 8.63. The highest BCUT2D eigenvalue weighted by molar-refractivity contribution is 7.26. The van der Waals surface area contributed by atoms with E-state index in [9.17, 15) is 0 Å². The lowest BCUT2D eigenvalue weighted by atomic mass is 10.7. The molecule has 1 aromatic rings. The van der Waals surface area contributed by atoms with Crippen LogP contribution in [0.25, 0.3) is 0 Å². The molecule has 0 atom stereocenters. The molecule has 0 bridgehead atoms. The molecule has 0 nitrogen and oxygen atoms in total. The highest BCUT2D eigenvalue weighted by Crippen LogP contribution is 2.16. The molecule has 0 saturated heterocycles. The predicted molar refractivity (Wildman–Crippen MR) is 61.3 cm³/mol. The Kier molecular flexibility index (Phi) is 3.15. The molecule has 66 valence electrons. The average molecular weight is 217 g/mol. The summed E-state index contributed by atoms with van der Waals surface area (Å²) in [5.41, 5.74) is 0. The normalized spacial score (nSPS) is 11.6. The molecule has 0 aliphatic heterocycles. The topological polar surface area (TPSA) is 0 Å². The van der Waals surface area contributed by atoms with Crippen molar-refractivity contribution in [2.24, 2.45) is 0 Å². The number of rotatable bonds is 3. The van der Waals surface area contributed by atoms with Crippen molar-refractivity contribution in [1.29, 1.82) is 0 Å². The van der Waals surface area contributed by atoms with Gasteiger partial charge in [0.05, 0.1) is 0 Å². The van der Waals surface area contributed by atoms with Gasteiger partial charge < -0.3 is 0 Å². The second-order valence-electron chi connectivity index (χ2n) is 3.34. The molecule has 0 aliphatic carbocycles. The molecule has 0 amide bonds. The second kappa shape index (κ2) is 3.77. The third kappa shape index (κ3) is 1.81. The van der Waals surface area contributed by atoms with Gasteiger partial charge in [-0.15, -0.1) is 18.2 Å². The molecule has 0 saturated carbocycles. The van der Waals surface area contributed by atoms with Gasteiger partial charge in [-0.05, 0) is 9.88 Å². The minimum Gasteiger partial charge on any atom is -0.153 e. The Bertz CT molecular complexity index is 264. The van der Waals surface area contributed by atoms with Crippen LogP contribution < -0.4 is 4.50 Å². The highest BCUT2D eigenvalue weighted by atomic mass is 35.5. The molecular weight excluding hydrogens is 204 g/mol. The molecule has 12 heavy (non-hydrogen) atoms. The minimum atomic E-state index is -1.44. The predicted octanol–water partition coefficient (Wildman–Crippen LogP) is 3.00. The van der Waals surface area contributed by atoms with Gasteiger partial charge in [0.25, 0.3) is 0 Å². The first-order valence-corrected chi connectivity index (χ1v) is 8.28. The molecule has 3 heteroatoms. The summed E-state index contributed by atoms with van der Waals surface area (Å²) >= 11 is 7.61. The molecule has 0 unspecified atom stereocenters. The summed E-state index contributed by atoms with van der Waals surface area (Å²) in [5.74, 6) is 0.594. The Labute approximate surface area is 83.9 Å². The van der Waals surface area contributed by atoms with Crippen molar-refractivity contribution >= 4 is 35.5 Å². The second-order valence-corrected chi connectivity index (χ2v) is 9.41. The third-order valence-electron chi connectivity index (χ3n) is 2.18. The van der Waals surface area contributed by atoms with Crippen molar-refractivity contribution in [3.05, 3.63) is 29.3 Å². The number of allylic oxidation sites excluding steroid dienone is 1. The van der Waals surface area contributed by atoms with Crippen LogP contribution in [0.1, 0.15) is 0 Å². The monoisotopic (exact) mass is 216 g/mol. The van der Waals surface area contributed by atoms with E-state index >= 15 is 0 Å². The van der Waals surface area contributed by atoms with Crippen molar-refractivity contribution in [2.75, 3.05) is 5.88 Å². The average Bonchev–Trinajstić information content (AvgIpc) is 2.55. The zero-order valence-corrected chi connectivity index (χ0v) is 10.0. The molecular formula is C9H13ClSSi. The van der Waals surface area contributed by atoms with Crippen molar-refractivity contribution in [3.63, 3.8) is 0 Å². The maximum Gasteiger partial charge on any atom is 0.120 e. The molecule has 1 aromatic heterocycles. The summed E-state index contributed by atoms with van der Waals surface area (Å²) in [7, 11) is -1.44. The first-order chi connectivity index (χ1) is 5.59. The SMILES string of the molecule is C=C(CCl)[Si](C)(C)c1cccs1. The van der Waals surface area contributed by atoms with E-state index in [1.165, 1.54) is 9.70 Å². The maximum absolute atomic E-state index is 5.79. The van der Waals surface area contributed by atoms with Gasteiger partial charge in [-0.1, -0.05) is 30.4 Å². The lowest BCUT2D eigenvalue weighted by molar-refractivity contribution is 1.60. The highest BCUT2D eigenvalue weighted by Gasteiger charge is 2.27. The van der Waals surface area contributed by atoms with Gasteiger partial charge in [-0.25, -0.2) is 0 Å². The Morgan fingerprint density at radius 1 is 1.67 bits per heavy atom. The largest absolute Gasteiger partial charge is 0.153 e. The number of halogens is 1. The lowest BCUT2D eigenvalue weighted by Crippen LogP contribution is -2.42. The van der Waals surface area contributed by atoms with Crippen LogP contribution in [-0.2, 0) is 0 Å². The quantitative estimate of drug-likeness (QED) is 0.539. The Hall–Kier alpha value is -0.0531. The molecule has 1 rings (SSSR count). The summed E-state index contributed by atoms with van der Waals surface area (Å²) in [5, 5.41) is 3.33. The van der Waals surface area contributed by atoms with E-state index in [1.807, 2.05) is 11.3 Å². The van der Waals surface area contributed by atoms with Crippen molar-refractivity contribution in [1.82, 2.24) is 0 Å². The molecule has 0 fully saturated rings. The summed E-state index contributed by atoms with van der Waals surface area (Å²) < 4.78 is 1.47. The van der Waals surface area contributed by atoms with E-state index in [2.05, 4.69) is 37.2 Å². The zero-order valence-electron chi connectivity index (χ0n) is 7.43. The van der Waals surface area contributed by atoms with E-state index in [0.29, 0.717) is 5.88 Å². The van der Waals surface area contributed by atoms with Gasteiger partial charge in [-0.3, -0.25) is 0 Å². The van der Waals surface area contributed by atoms with Crippen LogP contribution in [0.5, 0.6) is 0 Å². The van der Waals surface area contributed by atoms with Gasteiger partial charge in [0, 0.05) is 5.88 Å². The summed E-state index contributed by atoms with van der Waals surface area (Å²) in [6.07, 6.45) is 0. The number of thiophene rings is 1. The van der Waals surface area contributed by atoms with Crippen LogP contribution in [0.2, 0.25) is 13.1 Å². The maximum atomic E-state index is 5.79. The van der Waals surface area contributed by atoms with E-state index in [0.717, 1.165) is 0 Å². The van der Waals surface area contributed by atoms with Crippen molar-refractivity contribution in [2.45, 2.75) is 13.1 Å². The van der Waals surface area contributed by atoms with E-state index < -0.39 is 8.07 Å².